The molecule has 18 heteroatoms. The van der Waals surface area contributed by atoms with E-state index in [1.807, 2.05) is 0 Å². The number of carbonyl (C=O) groups is 2. The fourth-order valence-electron chi connectivity index (χ4n) is 3.23. The van der Waals surface area contributed by atoms with Crippen molar-refractivity contribution in [1.82, 2.24) is 0 Å². The van der Waals surface area contributed by atoms with Crippen LogP contribution >= 0.6 is 0 Å². The van der Waals surface area contributed by atoms with Gasteiger partial charge in [0.25, 0.3) is 22.7 Å². The van der Waals surface area contributed by atoms with Crippen LogP contribution in [0.3, 0.4) is 0 Å². The molecule has 2 aromatic rings. The highest BCUT2D eigenvalue weighted by Crippen LogP contribution is 2.30. The molecule has 0 spiro atoms. The zero-order chi connectivity index (χ0) is 30.0. The molecule has 0 N–H and O–H groups in total. The number of anilines is 2. The molecule has 0 saturated carbocycles. The number of hydrogen-bond donors (Lipinski definition) is 0. The molecule has 0 fully saturated rings. The lowest BCUT2D eigenvalue weighted by molar-refractivity contribution is -0.394. The molecule has 0 aliphatic rings. The maximum atomic E-state index is 12.6. The van der Waals surface area contributed by atoms with Gasteiger partial charge in [0.1, 0.15) is 0 Å². The fraction of sp³-hybridized carbons (Fsp3) is 0.273. The molecule has 18 nitrogen and oxygen atoms in total. The third kappa shape index (κ3) is 7.91. The minimum Gasteiger partial charge on any atom is -0.449 e. The van der Waals surface area contributed by atoms with Crippen molar-refractivity contribution in [1.29, 1.82) is 0 Å². The van der Waals surface area contributed by atoms with Gasteiger partial charge in [-0.2, -0.15) is 0 Å². The molecular formula is C22H22N6O12. The molecule has 0 unspecified atom stereocenters. The standard InChI is InChI=1S/C22H22N6O12/c1-3-39-21(29)23(15-9-17(25(31)32)13-18(10-15)26(33)34)7-5-6-8-24(22(30)40-4-2)16-11-19(27(35)36)14-20(12-16)28(37)38/h5-6,9-14H,3-4,7-8H2,1-2H3/b6-5+. The average Bonchev–Trinajstić information content (AvgIpc) is 2.90. The van der Waals surface area contributed by atoms with E-state index in [0.29, 0.717) is 0 Å². The van der Waals surface area contributed by atoms with Gasteiger partial charge in [-0.25, -0.2) is 9.59 Å². The Bertz CT molecular complexity index is 1200. The first kappa shape index (κ1) is 30.5. The maximum absolute atomic E-state index is 12.6. The Balaban J connectivity index is 2.44. The molecule has 0 atom stereocenters. The predicted octanol–water partition coefficient (Wildman–Crippen LogP) is 4.50. The third-order valence-corrected chi connectivity index (χ3v) is 4.96. The van der Waals surface area contributed by atoms with E-state index in [4.69, 9.17) is 9.47 Å². The molecule has 2 aromatic carbocycles. The quantitative estimate of drug-likeness (QED) is 0.197. The van der Waals surface area contributed by atoms with E-state index in [-0.39, 0.29) is 37.7 Å². The summed E-state index contributed by atoms with van der Waals surface area (Å²) in [5.41, 5.74) is -3.04. The van der Waals surface area contributed by atoms with Crippen LogP contribution in [0.4, 0.5) is 43.7 Å². The van der Waals surface area contributed by atoms with Crippen LogP contribution in [0.15, 0.2) is 48.6 Å². The second kappa shape index (κ2) is 13.7. The van der Waals surface area contributed by atoms with Crippen molar-refractivity contribution in [3.05, 3.63) is 89.0 Å². The van der Waals surface area contributed by atoms with Gasteiger partial charge in [-0.3, -0.25) is 50.3 Å². The Labute approximate surface area is 224 Å². The molecule has 0 aliphatic heterocycles. The number of rotatable bonds is 12. The topological polar surface area (TPSA) is 232 Å². The van der Waals surface area contributed by atoms with Gasteiger partial charge in [0.2, 0.25) is 0 Å². The summed E-state index contributed by atoms with van der Waals surface area (Å²) in [6.07, 6.45) is 0.635. The van der Waals surface area contributed by atoms with Crippen LogP contribution in [0.25, 0.3) is 0 Å². The van der Waals surface area contributed by atoms with E-state index < -0.39 is 54.6 Å². The smallest absolute Gasteiger partial charge is 0.414 e. The SMILES string of the molecule is CCOC(=O)N(C/C=C/CN(C(=O)OCC)c1cc([N+](=O)[O-])cc([N+](=O)[O-])c1)c1cc([N+](=O)[O-])cc([N+](=O)[O-])c1. The molecule has 0 saturated heterocycles. The number of nitro benzene ring substituents is 4. The summed E-state index contributed by atoms with van der Waals surface area (Å²) in [4.78, 5) is 68.5. The molecule has 0 bridgehead atoms. The van der Waals surface area contributed by atoms with Crippen LogP contribution < -0.4 is 9.80 Å². The number of non-ortho nitro benzene ring substituents is 4. The first-order chi connectivity index (χ1) is 18.9. The van der Waals surface area contributed by atoms with Crippen LogP contribution in [0.5, 0.6) is 0 Å². The van der Waals surface area contributed by atoms with Crippen molar-refractivity contribution in [2.24, 2.45) is 0 Å². The number of nitro groups is 4. The molecule has 40 heavy (non-hydrogen) atoms. The van der Waals surface area contributed by atoms with Crippen LogP contribution in [0.2, 0.25) is 0 Å². The summed E-state index contributed by atoms with van der Waals surface area (Å²) in [5.74, 6) is 0. The Kier molecular flexibility index (Phi) is 10.5. The Morgan fingerprint density at radius 3 is 1.12 bits per heavy atom. The molecule has 0 heterocycles. The van der Waals surface area contributed by atoms with Gasteiger partial charge in [0, 0.05) is 37.4 Å². The highest BCUT2D eigenvalue weighted by Gasteiger charge is 2.25. The van der Waals surface area contributed by atoms with E-state index in [1.165, 1.54) is 26.0 Å². The van der Waals surface area contributed by atoms with Crippen molar-refractivity contribution < 1.29 is 38.8 Å². The van der Waals surface area contributed by atoms with Crippen LogP contribution in [0.1, 0.15) is 13.8 Å². The number of nitrogens with zero attached hydrogens (tertiary/aromatic N) is 6. The van der Waals surface area contributed by atoms with Gasteiger partial charge < -0.3 is 9.47 Å². The highest BCUT2D eigenvalue weighted by atomic mass is 16.6. The van der Waals surface area contributed by atoms with Crippen molar-refractivity contribution in [3.63, 3.8) is 0 Å². The monoisotopic (exact) mass is 562 g/mol. The van der Waals surface area contributed by atoms with Gasteiger partial charge in [-0.05, 0) is 13.8 Å². The minimum absolute atomic E-state index is 0.0850. The van der Waals surface area contributed by atoms with Crippen molar-refractivity contribution in [3.8, 4) is 0 Å². The van der Waals surface area contributed by atoms with E-state index in [2.05, 4.69) is 0 Å². The highest BCUT2D eigenvalue weighted by molar-refractivity contribution is 5.90. The van der Waals surface area contributed by atoms with Crippen molar-refractivity contribution in [2.75, 3.05) is 36.1 Å². The minimum atomic E-state index is -0.987. The van der Waals surface area contributed by atoms with Gasteiger partial charge >= 0.3 is 12.2 Å². The van der Waals surface area contributed by atoms with E-state index in [1.54, 1.807) is 0 Å². The molecule has 0 aromatic heterocycles. The first-order valence-electron chi connectivity index (χ1n) is 11.3. The van der Waals surface area contributed by atoms with Gasteiger partial charge in [-0.1, -0.05) is 12.2 Å². The number of ether oxygens (including phenoxy) is 2. The molecule has 0 radical (unpaired) electrons. The summed E-state index contributed by atoms with van der Waals surface area (Å²) in [6.45, 7) is 2.14. The lowest BCUT2D eigenvalue weighted by Crippen LogP contribution is -2.33. The van der Waals surface area contributed by atoms with E-state index >= 15 is 0 Å². The third-order valence-electron chi connectivity index (χ3n) is 4.96. The summed E-state index contributed by atoms with van der Waals surface area (Å²) in [5, 5.41) is 45.1. The fourth-order valence-corrected chi connectivity index (χ4v) is 3.23. The van der Waals surface area contributed by atoms with Crippen LogP contribution in [0, 0.1) is 40.5 Å². The average molecular weight is 562 g/mol. The number of carbonyl (C=O) groups excluding carboxylic acids is 2. The predicted molar refractivity (Wildman–Crippen MR) is 137 cm³/mol. The molecule has 2 amide bonds. The Morgan fingerprint density at radius 1 is 0.625 bits per heavy atom. The number of hydrogen-bond acceptors (Lipinski definition) is 12. The summed E-state index contributed by atoms with van der Waals surface area (Å²) in [7, 11) is 0. The number of benzene rings is 2. The van der Waals surface area contributed by atoms with E-state index in [9.17, 15) is 50.0 Å². The van der Waals surface area contributed by atoms with Gasteiger partial charge in [0.05, 0.1) is 56.4 Å². The van der Waals surface area contributed by atoms with Crippen LogP contribution in [-0.2, 0) is 9.47 Å². The van der Waals surface area contributed by atoms with Gasteiger partial charge in [-0.15, -0.1) is 0 Å². The summed E-state index contributed by atoms with van der Waals surface area (Å²) >= 11 is 0. The number of amides is 2. The Hall–Kier alpha value is -5.68. The summed E-state index contributed by atoms with van der Waals surface area (Å²) in [6, 6.07) is 5.18. The summed E-state index contributed by atoms with van der Waals surface area (Å²) < 4.78 is 9.90. The lowest BCUT2D eigenvalue weighted by Gasteiger charge is -2.21. The molecular weight excluding hydrogens is 540 g/mol. The largest absolute Gasteiger partial charge is 0.449 e. The zero-order valence-corrected chi connectivity index (χ0v) is 21.0. The Morgan fingerprint density at radius 2 is 0.900 bits per heavy atom. The second-order valence-corrected chi connectivity index (χ2v) is 7.53. The van der Waals surface area contributed by atoms with Gasteiger partial charge in [0.15, 0.2) is 0 Å². The second-order valence-electron chi connectivity index (χ2n) is 7.53. The maximum Gasteiger partial charge on any atom is 0.414 e. The van der Waals surface area contributed by atoms with E-state index in [0.717, 1.165) is 46.2 Å². The first-order valence-corrected chi connectivity index (χ1v) is 11.3. The van der Waals surface area contributed by atoms with Crippen LogP contribution in [-0.4, -0.2) is 58.2 Å². The zero-order valence-electron chi connectivity index (χ0n) is 21.0. The van der Waals surface area contributed by atoms with Crippen molar-refractivity contribution in [2.45, 2.75) is 13.8 Å². The molecule has 212 valence electrons. The normalized spacial score (nSPS) is 10.6. The van der Waals surface area contributed by atoms with Crippen molar-refractivity contribution >= 4 is 46.3 Å². The molecule has 0 aliphatic carbocycles. The lowest BCUT2D eigenvalue weighted by atomic mass is 10.2. The molecule has 2 rings (SSSR count).